The van der Waals surface area contributed by atoms with Crippen molar-refractivity contribution in [2.45, 2.75) is 52.0 Å². The van der Waals surface area contributed by atoms with Gasteiger partial charge in [-0.1, -0.05) is 6.92 Å². The smallest absolute Gasteiger partial charge is 0.224 e. The van der Waals surface area contributed by atoms with Crippen LogP contribution in [0, 0.1) is 6.92 Å². The van der Waals surface area contributed by atoms with Crippen molar-refractivity contribution in [3.63, 3.8) is 0 Å². The number of hydrogen-bond acceptors (Lipinski definition) is 7. The van der Waals surface area contributed by atoms with Gasteiger partial charge in [-0.05, 0) is 64.1 Å². The summed E-state index contributed by atoms with van der Waals surface area (Å²) in [5, 5.41) is 13.4. The third-order valence-electron chi connectivity index (χ3n) is 5.03. The lowest BCUT2D eigenvalue weighted by Crippen LogP contribution is -2.27. The van der Waals surface area contributed by atoms with Gasteiger partial charge in [0.25, 0.3) is 0 Å². The number of hydrogen-bond donors (Lipinski definition) is 2. The zero-order valence-electron chi connectivity index (χ0n) is 19.3. The molecule has 1 amide bonds. The summed E-state index contributed by atoms with van der Waals surface area (Å²) in [5.74, 6) is 1.71. The van der Waals surface area contributed by atoms with E-state index in [2.05, 4.69) is 45.9 Å². The number of phenols is 1. The lowest BCUT2D eigenvalue weighted by Gasteiger charge is -2.25. The molecule has 0 aliphatic heterocycles. The largest absolute Gasteiger partial charge is 0.508 e. The Bertz CT molecular complexity index is 841. The van der Waals surface area contributed by atoms with Crippen molar-refractivity contribution in [1.29, 1.82) is 0 Å². The Morgan fingerprint density at radius 2 is 1.74 bits per heavy atom. The lowest BCUT2D eigenvalue weighted by atomic mass is 10.2. The van der Waals surface area contributed by atoms with Crippen LogP contribution in [0.1, 0.15) is 45.9 Å². The maximum atomic E-state index is 12.8. The van der Waals surface area contributed by atoms with Crippen molar-refractivity contribution in [3.8, 4) is 5.75 Å². The molecule has 0 unspecified atom stereocenters. The van der Waals surface area contributed by atoms with E-state index in [9.17, 15) is 9.90 Å². The molecule has 2 N–H and O–H groups in total. The zero-order chi connectivity index (χ0) is 22.8. The fraction of sp³-hybridized carbons (Fsp3) is 0.522. The SMILES string of the molecule is CCCN(CCCC(=O)Nc1c(SC)nc(C)nc1N(CC)CC)c1ccc(O)cc1. The monoisotopic (exact) mass is 445 g/mol. The lowest BCUT2D eigenvalue weighted by molar-refractivity contribution is -0.116. The predicted molar refractivity (Wildman–Crippen MR) is 131 cm³/mol. The highest BCUT2D eigenvalue weighted by molar-refractivity contribution is 7.98. The Morgan fingerprint density at radius 1 is 1.06 bits per heavy atom. The van der Waals surface area contributed by atoms with Crippen molar-refractivity contribution in [2.75, 3.05) is 47.6 Å². The first-order valence-electron chi connectivity index (χ1n) is 10.9. The van der Waals surface area contributed by atoms with Crippen LogP contribution in [-0.4, -0.2) is 53.4 Å². The molecule has 0 aliphatic rings. The zero-order valence-corrected chi connectivity index (χ0v) is 20.1. The number of phenolic OH excluding ortho intramolecular Hbond substituents is 1. The van der Waals surface area contributed by atoms with E-state index in [1.807, 2.05) is 25.3 Å². The second-order valence-corrected chi connectivity index (χ2v) is 8.10. The number of aromatic nitrogens is 2. The summed E-state index contributed by atoms with van der Waals surface area (Å²) in [4.78, 5) is 26.3. The van der Waals surface area contributed by atoms with Crippen LogP contribution >= 0.6 is 11.8 Å². The number of aromatic hydroxyl groups is 1. The van der Waals surface area contributed by atoms with Crippen LogP contribution in [0.2, 0.25) is 0 Å². The number of nitrogens with one attached hydrogen (secondary N) is 1. The minimum atomic E-state index is -0.0293. The number of thioether (sulfide) groups is 1. The van der Waals surface area contributed by atoms with Crippen LogP contribution in [0.25, 0.3) is 0 Å². The molecule has 170 valence electrons. The van der Waals surface area contributed by atoms with E-state index in [1.54, 1.807) is 12.1 Å². The molecule has 1 aromatic heterocycles. The summed E-state index contributed by atoms with van der Waals surface area (Å²) in [6.45, 7) is 11.5. The predicted octanol–water partition coefficient (Wildman–Crippen LogP) is 4.69. The van der Waals surface area contributed by atoms with E-state index in [4.69, 9.17) is 0 Å². The molecule has 0 spiro atoms. The van der Waals surface area contributed by atoms with Crippen LogP contribution in [0.3, 0.4) is 0 Å². The summed E-state index contributed by atoms with van der Waals surface area (Å²) >= 11 is 1.52. The van der Waals surface area contributed by atoms with E-state index < -0.39 is 0 Å². The van der Waals surface area contributed by atoms with E-state index >= 15 is 0 Å². The first kappa shape index (κ1) is 24.8. The molecule has 2 aromatic rings. The Labute approximate surface area is 190 Å². The number of benzene rings is 1. The Kier molecular flexibility index (Phi) is 9.91. The van der Waals surface area contributed by atoms with Gasteiger partial charge in [0.15, 0.2) is 5.82 Å². The van der Waals surface area contributed by atoms with Crippen molar-refractivity contribution in [2.24, 2.45) is 0 Å². The number of nitrogens with zero attached hydrogens (tertiary/aromatic N) is 4. The molecule has 0 aliphatic carbocycles. The molecular weight excluding hydrogens is 410 g/mol. The van der Waals surface area contributed by atoms with E-state index in [-0.39, 0.29) is 11.7 Å². The maximum Gasteiger partial charge on any atom is 0.224 e. The quantitative estimate of drug-likeness (QED) is 0.362. The second-order valence-electron chi connectivity index (χ2n) is 7.31. The van der Waals surface area contributed by atoms with Crippen LogP contribution < -0.4 is 15.1 Å². The van der Waals surface area contributed by atoms with Crippen molar-refractivity contribution in [1.82, 2.24) is 9.97 Å². The van der Waals surface area contributed by atoms with Gasteiger partial charge in [-0.3, -0.25) is 4.79 Å². The van der Waals surface area contributed by atoms with Gasteiger partial charge in [-0.15, -0.1) is 11.8 Å². The Balaban J connectivity index is 2.07. The van der Waals surface area contributed by atoms with Crippen LogP contribution in [-0.2, 0) is 4.79 Å². The van der Waals surface area contributed by atoms with Gasteiger partial charge in [-0.2, -0.15) is 0 Å². The summed E-state index contributed by atoms with van der Waals surface area (Å²) in [6, 6.07) is 7.22. The van der Waals surface area contributed by atoms with Crippen LogP contribution in [0.15, 0.2) is 29.3 Å². The standard InChI is InChI=1S/C23H35N5O2S/c1-6-15-28(18-11-13-19(29)14-12-18)16-9-10-20(30)26-21-22(27(7-2)8-3)24-17(4)25-23(21)31-5/h11-14,29H,6-10,15-16H2,1-5H3,(H,26,30). The van der Waals surface area contributed by atoms with Gasteiger partial charge in [0.05, 0.1) is 0 Å². The van der Waals surface area contributed by atoms with Crippen molar-refractivity contribution >= 4 is 34.9 Å². The van der Waals surface area contributed by atoms with Gasteiger partial charge >= 0.3 is 0 Å². The number of carbonyl (C=O) groups is 1. The number of anilines is 3. The van der Waals surface area contributed by atoms with Crippen LogP contribution in [0.4, 0.5) is 17.2 Å². The maximum absolute atomic E-state index is 12.8. The van der Waals surface area contributed by atoms with Crippen LogP contribution in [0.5, 0.6) is 5.75 Å². The van der Waals surface area contributed by atoms with E-state index in [0.29, 0.717) is 17.9 Å². The third-order valence-corrected chi connectivity index (χ3v) is 5.71. The third kappa shape index (κ3) is 7.02. The highest BCUT2D eigenvalue weighted by Gasteiger charge is 2.19. The topological polar surface area (TPSA) is 81.6 Å². The molecule has 0 saturated carbocycles. The van der Waals surface area contributed by atoms with E-state index in [1.165, 1.54) is 11.8 Å². The van der Waals surface area contributed by atoms with Gasteiger partial charge in [-0.25, -0.2) is 9.97 Å². The summed E-state index contributed by atoms with van der Waals surface area (Å²) in [5.41, 5.74) is 1.76. The molecular formula is C23H35N5O2S. The molecule has 0 fully saturated rings. The highest BCUT2D eigenvalue weighted by atomic mass is 32.2. The number of rotatable bonds is 12. The molecule has 31 heavy (non-hydrogen) atoms. The molecule has 1 aromatic carbocycles. The van der Waals surface area contributed by atoms with Gasteiger partial charge in [0, 0.05) is 38.3 Å². The fourth-order valence-corrected chi connectivity index (χ4v) is 4.05. The number of amides is 1. The first-order chi connectivity index (χ1) is 14.9. The normalized spacial score (nSPS) is 10.7. The number of carbonyl (C=O) groups excluding carboxylic acids is 1. The Hall–Kier alpha value is -2.48. The van der Waals surface area contributed by atoms with Crippen molar-refractivity contribution in [3.05, 3.63) is 30.1 Å². The minimum Gasteiger partial charge on any atom is -0.508 e. The molecule has 7 nitrogen and oxygen atoms in total. The summed E-state index contributed by atoms with van der Waals surface area (Å²) in [7, 11) is 0. The fourth-order valence-electron chi connectivity index (χ4n) is 3.48. The second kappa shape index (κ2) is 12.4. The molecule has 0 saturated heterocycles. The summed E-state index contributed by atoms with van der Waals surface area (Å²) in [6.07, 6.45) is 4.12. The Morgan fingerprint density at radius 3 is 2.32 bits per heavy atom. The van der Waals surface area contributed by atoms with Gasteiger partial charge in [0.2, 0.25) is 5.91 Å². The molecule has 1 heterocycles. The summed E-state index contributed by atoms with van der Waals surface area (Å²) < 4.78 is 0. The molecule has 0 bridgehead atoms. The average Bonchev–Trinajstić information content (AvgIpc) is 2.76. The minimum absolute atomic E-state index is 0.0293. The first-order valence-corrected chi connectivity index (χ1v) is 12.2. The highest BCUT2D eigenvalue weighted by Crippen LogP contribution is 2.32. The molecule has 8 heteroatoms. The number of aryl methyl sites for hydroxylation is 1. The van der Waals surface area contributed by atoms with Gasteiger partial charge < -0.3 is 20.2 Å². The molecule has 0 radical (unpaired) electrons. The molecule has 2 rings (SSSR count). The average molecular weight is 446 g/mol. The van der Waals surface area contributed by atoms with E-state index in [0.717, 1.165) is 55.6 Å². The van der Waals surface area contributed by atoms with Crippen molar-refractivity contribution < 1.29 is 9.90 Å². The van der Waals surface area contributed by atoms with Gasteiger partial charge in [0.1, 0.15) is 22.3 Å². The molecule has 0 atom stereocenters.